The molecule has 0 bridgehead atoms. The van der Waals surface area contributed by atoms with E-state index in [1.54, 1.807) is 0 Å². The number of halogens is 2. The van der Waals surface area contributed by atoms with Crippen molar-refractivity contribution in [3.8, 4) is 6.07 Å². The fraction of sp³-hybridized carbons (Fsp3) is 0. The Kier molecular flexibility index (Phi) is 4.02. The average molecular weight is 326 g/mol. The van der Waals surface area contributed by atoms with Crippen LogP contribution in [0.25, 0.3) is 0 Å². The lowest BCUT2D eigenvalue weighted by molar-refractivity contribution is 0.597. The molecule has 0 spiro atoms. The van der Waals surface area contributed by atoms with Gasteiger partial charge in [0.05, 0.1) is 16.9 Å². The lowest BCUT2D eigenvalue weighted by Gasteiger charge is -2.11. The molecule has 0 aliphatic carbocycles. The number of nitrogens with two attached hydrogens (primary N) is 1. The number of rotatable bonds is 3. The molecular formula is C13H9ClFN3O2S. The van der Waals surface area contributed by atoms with Crippen LogP contribution in [0.1, 0.15) is 5.56 Å². The molecule has 0 atom stereocenters. The van der Waals surface area contributed by atoms with Crippen molar-refractivity contribution in [2.24, 2.45) is 0 Å². The summed E-state index contributed by atoms with van der Waals surface area (Å²) in [6, 6.07) is 9.38. The number of nitriles is 1. The number of nitrogens with one attached hydrogen (secondary N) is 1. The number of hydrogen-bond donors (Lipinski definition) is 2. The van der Waals surface area contributed by atoms with Crippen LogP contribution in [0.3, 0.4) is 0 Å². The molecule has 2 aromatic rings. The molecular weight excluding hydrogens is 317 g/mol. The molecule has 2 rings (SSSR count). The molecule has 5 nitrogen and oxygen atoms in total. The van der Waals surface area contributed by atoms with Crippen LogP contribution in [0.2, 0.25) is 5.02 Å². The van der Waals surface area contributed by atoms with Crippen LogP contribution in [0.5, 0.6) is 0 Å². The van der Waals surface area contributed by atoms with Gasteiger partial charge in [0.25, 0.3) is 10.0 Å². The predicted molar refractivity (Wildman–Crippen MR) is 77.8 cm³/mol. The van der Waals surface area contributed by atoms with Gasteiger partial charge in [0, 0.05) is 5.02 Å². The van der Waals surface area contributed by atoms with Crippen LogP contribution >= 0.6 is 11.6 Å². The maximum Gasteiger partial charge on any atom is 0.264 e. The van der Waals surface area contributed by atoms with Gasteiger partial charge in [0.15, 0.2) is 0 Å². The number of para-hydroxylation sites is 1. The van der Waals surface area contributed by atoms with Crippen molar-refractivity contribution in [2.45, 2.75) is 4.90 Å². The van der Waals surface area contributed by atoms with E-state index >= 15 is 0 Å². The van der Waals surface area contributed by atoms with E-state index in [-0.39, 0.29) is 16.3 Å². The number of sulfonamides is 1. The standard InChI is InChI=1S/C13H9ClFN3O2S/c14-9-5-4-8(7-16)11(6-9)18-21(19,20)12-3-1-2-10(15)13(12)17/h1-6,18H,17H2. The third-order valence-corrected chi connectivity index (χ3v) is 4.31. The fourth-order valence-corrected chi connectivity index (χ4v) is 3.03. The van der Waals surface area contributed by atoms with Crippen LogP contribution in [0, 0.1) is 17.1 Å². The van der Waals surface area contributed by atoms with E-state index in [0.29, 0.717) is 0 Å². The minimum atomic E-state index is -4.14. The first-order valence-corrected chi connectivity index (χ1v) is 7.48. The lowest BCUT2D eigenvalue weighted by Crippen LogP contribution is -2.16. The smallest absolute Gasteiger partial charge is 0.264 e. The van der Waals surface area contributed by atoms with Crippen LogP contribution in [0.4, 0.5) is 15.8 Å². The number of hydrogen-bond acceptors (Lipinski definition) is 4. The van der Waals surface area contributed by atoms with Gasteiger partial charge in [-0.05, 0) is 30.3 Å². The number of nitrogen functional groups attached to an aromatic ring is 1. The van der Waals surface area contributed by atoms with Gasteiger partial charge < -0.3 is 5.73 Å². The highest BCUT2D eigenvalue weighted by atomic mass is 35.5. The van der Waals surface area contributed by atoms with Gasteiger partial charge >= 0.3 is 0 Å². The molecule has 3 N–H and O–H groups in total. The van der Waals surface area contributed by atoms with Crippen LogP contribution in [0.15, 0.2) is 41.3 Å². The van der Waals surface area contributed by atoms with Crippen LogP contribution in [-0.2, 0) is 10.0 Å². The molecule has 0 aliphatic rings. The molecule has 0 aliphatic heterocycles. The molecule has 8 heteroatoms. The Balaban J connectivity index is 2.50. The zero-order valence-electron chi connectivity index (χ0n) is 10.5. The zero-order valence-corrected chi connectivity index (χ0v) is 12.0. The second-order valence-corrected chi connectivity index (χ2v) is 6.15. The molecule has 0 heterocycles. The average Bonchev–Trinajstić information content (AvgIpc) is 2.41. The maximum atomic E-state index is 13.4. The monoisotopic (exact) mass is 325 g/mol. The molecule has 0 saturated carbocycles. The Hall–Kier alpha value is -2.30. The third kappa shape index (κ3) is 3.07. The van der Waals surface area contributed by atoms with Crippen LogP contribution in [-0.4, -0.2) is 8.42 Å². The number of benzene rings is 2. The van der Waals surface area contributed by atoms with E-state index in [9.17, 15) is 12.8 Å². The molecule has 0 radical (unpaired) electrons. The normalized spacial score (nSPS) is 10.9. The Bertz CT molecular complexity index is 847. The highest BCUT2D eigenvalue weighted by Crippen LogP contribution is 2.26. The largest absolute Gasteiger partial charge is 0.395 e. The number of nitrogens with zero attached hydrogens (tertiary/aromatic N) is 1. The molecule has 0 aromatic heterocycles. The minimum absolute atomic E-state index is 0.00587. The highest BCUT2D eigenvalue weighted by molar-refractivity contribution is 7.92. The van der Waals surface area contributed by atoms with Gasteiger partial charge in [-0.25, -0.2) is 12.8 Å². The molecule has 21 heavy (non-hydrogen) atoms. The Morgan fingerprint density at radius 2 is 2.00 bits per heavy atom. The quantitative estimate of drug-likeness (QED) is 0.848. The maximum absolute atomic E-state index is 13.4. The molecule has 0 unspecified atom stereocenters. The summed E-state index contributed by atoms with van der Waals surface area (Å²) in [6.45, 7) is 0. The van der Waals surface area contributed by atoms with Crippen molar-refractivity contribution >= 4 is 33.0 Å². The van der Waals surface area contributed by atoms with Crippen LogP contribution < -0.4 is 10.5 Å². The first kappa shape index (κ1) is 15.1. The molecule has 0 fully saturated rings. The van der Waals surface area contributed by atoms with E-state index in [0.717, 1.165) is 12.1 Å². The van der Waals surface area contributed by atoms with Crippen molar-refractivity contribution < 1.29 is 12.8 Å². The summed E-state index contributed by atoms with van der Waals surface area (Å²) in [6.07, 6.45) is 0. The molecule has 0 saturated heterocycles. The van der Waals surface area contributed by atoms with Crippen molar-refractivity contribution in [2.75, 3.05) is 10.5 Å². The Morgan fingerprint density at radius 3 is 2.67 bits per heavy atom. The second-order valence-electron chi connectivity index (χ2n) is 4.06. The molecule has 2 aromatic carbocycles. The summed E-state index contributed by atoms with van der Waals surface area (Å²) in [7, 11) is -4.14. The molecule has 108 valence electrons. The van der Waals surface area contributed by atoms with Crippen molar-refractivity contribution in [1.82, 2.24) is 0 Å². The summed E-state index contributed by atoms with van der Waals surface area (Å²) in [5.74, 6) is -0.843. The summed E-state index contributed by atoms with van der Waals surface area (Å²) in [5.41, 5.74) is 5.02. The predicted octanol–water partition coefficient (Wildman–Crippen LogP) is 2.73. The summed E-state index contributed by atoms with van der Waals surface area (Å²) in [4.78, 5) is -0.411. The minimum Gasteiger partial charge on any atom is -0.395 e. The first-order valence-electron chi connectivity index (χ1n) is 5.61. The van der Waals surface area contributed by atoms with Crippen molar-refractivity contribution in [3.05, 3.63) is 52.8 Å². The summed E-state index contributed by atoms with van der Waals surface area (Å²) < 4.78 is 40.0. The zero-order chi connectivity index (χ0) is 15.6. The second kappa shape index (κ2) is 5.60. The summed E-state index contributed by atoms with van der Waals surface area (Å²) in [5, 5.41) is 9.21. The van der Waals surface area contributed by atoms with Gasteiger partial charge in [0.1, 0.15) is 16.8 Å². The lowest BCUT2D eigenvalue weighted by atomic mass is 10.2. The third-order valence-electron chi connectivity index (χ3n) is 2.65. The van der Waals surface area contributed by atoms with Crippen molar-refractivity contribution in [3.63, 3.8) is 0 Å². The van der Waals surface area contributed by atoms with E-state index in [1.165, 1.54) is 24.3 Å². The van der Waals surface area contributed by atoms with Gasteiger partial charge in [-0.1, -0.05) is 17.7 Å². The van der Waals surface area contributed by atoms with Crippen molar-refractivity contribution in [1.29, 1.82) is 5.26 Å². The topological polar surface area (TPSA) is 96.0 Å². The SMILES string of the molecule is N#Cc1ccc(Cl)cc1NS(=O)(=O)c1cccc(F)c1N. The van der Waals surface area contributed by atoms with E-state index < -0.39 is 26.4 Å². The van der Waals surface area contributed by atoms with Gasteiger partial charge in [-0.2, -0.15) is 5.26 Å². The highest BCUT2D eigenvalue weighted by Gasteiger charge is 2.21. The van der Waals surface area contributed by atoms with E-state index in [1.807, 2.05) is 6.07 Å². The Morgan fingerprint density at radius 1 is 1.29 bits per heavy atom. The Labute approximate surface area is 125 Å². The van der Waals surface area contributed by atoms with Gasteiger partial charge in [0.2, 0.25) is 0 Å². The van der Waals surface area contributed by atoms with Gasteiger partial charge in [-0.15, -0.1) is 0 Å². The fourth-order valence-electron chi connectivity index (χ4n) is 1.65. The summed E-state index contributed by atoms with van der Waals surface area (Å²) >= 11 is 5.78. The number of anilines is 2. The first-order chi connectivity index (χ1) is 9.85. The van der Waals surface area contributed by atoms with E-state index in [4.69, 9.17) is 22.6 Å². The van der Waals surface area contributed by atoms with Gasteiger partial charge in [-0.3, -0.25) is 4.72 Å². The molecule has 0 amide bonds. The van der Waals surface area contributed by atoms with E-state index in [2.05, 4.69) is 4.72 Å².